The lowest BCUT2D eigenvalue weighted by atomic mass is 9.85. The molecular weight excluding hydrogens is 502 g/mol. The summed E-state index contributed by atoms with van der Waals surface area (Å²) in [6.45, 7) is 4.54. The average Bonchev–Trinajstić information content (AvgIpc) is 3.64. The van der Waals surface area contributed by atoms with Gasteiger partial charge in [0.25, 0.3) is 0 Å². The second-order valence-corrected chi connectivity index (χ2v) is 11.4. The summed E-state index contributed by atoms with van der Waals surface area (Å²) >= 11 is 0. The van der Waals surface area contributed by atoms with Crippen molar-refractivity contribution < 1.29 is 4.42 Å². The third-order valence-electron chi connectivity index (χ3n) is 8.77. The molecule has 0 saturated heterocycles. The van der Waals surface area contributed by atoms with Crippen molar-refractivity contribution in [2.45, 2.75) is 19.3 Å². The summed E-state index contributed by atoms with van der Waals surface area (Å²) in [5, 5.41) is 4.53. The van der Waals surface area contributed by atoms with Gasteiger partial charge in [0.05, 0.1) is 16.7 Å². The number of benzene rings is 5. The Balaban J connectivity index is 1.51. The van der Waals surface area contributed by atoms with E-state index in [1.54, 1.807) is 0 Å². The highest BCUT2D eigenvalue weighted by molar-refractivity contribution is 6.21. The van der Waals surface area contributed by atoms with Crippen LogP contribution in [-0.2, 0) is 5.41 Å². The van der Waals surface area contributed by atoms with Crippen LogP contribution in [0.3, 0.4) is 0 Å². The van der Waals surface area contributed by atoms with Crippen molar-refractivity contribution in [1.82, 2.24) is 14.5 Å². The minimum atomic E-state index is -0.277. The first-order valence-electron chi connectivity index (χ1n) is 14.0. The summed E-state index contributed by atoms with van der Waals surface area (Å²) in [7, 11) is 0. The molecule has 0 N–H and O–H groups in total. The average molecular weight is 528 g/mol. The lowest BCUT2D eigenvalue weighted by Gasteiger charge is -2.21. The van der Waals surface area contributed by atoms with Gasteiger partial charge in [-0.1, -0.05) is 111 Å². The van der Waals surface area contributed by atoms with Crippen LogP contribution >= 0.6 is 0 Å². The molecule has 0 aliphatic heterocycles. The first-order chi connectivity index (χ1) is 20.1. The maximum absolute atomic E-state index is 6.64. The molecule has 0 spiro atoms. The van der Waals surface area contributed by atoms with Crippen molar-refractivity contribution in [3.8, 4) is 28.3 Å². The molecule has 0 unspecified atom stereocenters. The van der Waals surface area contributed by atoms with Crippen LogP contribution in [0.4, 0.5) is 0 Å². The molecule has 0 radical (unpaired) electrons. The fourth-order valence-corrected chi connectivity index (χ4v) is 6.85. The van der Waals surface area contributed by atoms with Gasteiger partial charge in [-0.3, -0.25) is 4.57 Å². The number of furan rings is 1. The fraction of sp³-hybridized carbons (Fsp3) is 0.0811. The van der Waals surface area contributed by atoms with Gasteiger partial charge in [0.15, 0.2) is 11.4 Å². The molecule has 0 fully saturated rings. The predicted octanol–water partition coefficient (Wildman–Crippen LogP) is 9.45. The monoisotopic (exact) mass is 527 g/mol. The number of rotatable bonds is 2. The first-order valence-corrected chi connectivity index (χ1v) is 14.0. The highest BCUT2D eigenvalue weighted by atomic mass is 16.3. The number of nitrogens with zero attached hydrogens (tertiary/aromatic N) is 3. The van der Waals surface area contributed by atoms with Crippen LogP contribution < -0.4 is 0 Å². The summed E-state index contributed by atoms with van der Waals surface area (Å²) in [5.74, 6) is 1.61. The summed E-state index contributed by atoms with van der Waals surface area (Å²) in [5.41, 5.74) is 9.19. The molecule has 8 aromatic rings. The van der Waals surface area contributed by atoms with E-state index in [0.29, 0.717) is 0 Å². The zero-order valence-corrected chi connectivity index (χ0v) is 22.7. The second-order valence-electron chi connectivity index (χ2n) is 11.4. The van der Waals surface area contributed by atoms with E-state index < -0.39 is 0 Å². The van der Waals surface area contributed by atoms with Gasteiger partial charge in [-0.05, 0) is 29.3 Å². The van der Waals surface area contributed by atoms with E-state index >= 15 is 0 Å². The number of para-hydroxylation sites is 2. The van der Waals surface area contributed by atoms with Gasteiger partial charge >= 0.3 is 0 Å². The Labute approximate surface area is 236 Å². The van der Waals surface area contributed by atoms with Crippen LogP contribution in [0.2, 0.25) is 0 Å². The van der Waals surface area contributed by atoms with Crippen LogP contribution in [0.1, 0.15) is 25.1 Å². The SMILES string of the molecule is CC1(C)c2ccccc2-c2c(-n3c4ccccc4c4ccc5c6ccccc6oc5c43)nc(-c3ccccc3)nc21. The van der Waals surface area contributed by atoms with Crippen LogP contribution in [0, 0.1) is 0 Å². The number of hydrogen-bond donors (Lipinski definition) is 0. The molecule has 41 heavy (non-hydrogen) atoms. The molecule has 0 bridgehead atoms. The quantitative estimate of drug-likeness (QED) is 0.225. The van der Waals surface area contributed by atoms with Gasteiger partial charge < -0.3 is 4.42 Å². The topological polar surface area (TPSA) is 43.9 Å². The highest BCUT2D eigenvalue weighted by Crippen LogP contribution is 2.51. The third-order valence-corrected chi connectivity index (χ3v) is 8.77. The molecular formula is C37H25N3O. The summed E-state index contributed by atoms with van der Waals surface area (Å²) < 4.78 is 8.96. The Bertz CT molecular complexity index is 2340. The van der Waals surface area contributed by atoms with E-state index in [4.69, 9.17) is 14.4 Å². The Morgan fingerprint density at radius 2 is 1.34 bits per heavy atom. The lowest BCUT2D eigenvalue weighted by Crippen LogP contribution is -2.18. The van der Waals surface area contributed by atoms with E-state index in [-0.39, 0.29) is 5.41 Å². The van der Waals surface area contributed by atoms with Crippen molar-refractivity contribution in [3.05, 3.63) is 127 Å². The molecule has 4 heteroatoms. The van der Waals surface area contributed by atoms with Crippen molar-refractivity contribution in [1.29, 1.82) is 0 Å². The van der Waals surface area contributed by atoms with Crippen molar-refractivity contribution in [3.63, 3.8) is 0 Å². The van der Waals surface area contributed by atoms with E-state index in [1.807, 2.05) is 30.3 Å². The van der Waals surface area contributed by atoms with Crippen molar-refractivity contribution in [2.24, 2.45) is 0 Å². The summed E-state index contributed by atoms with van der Waals surface area (Å²) in [6.07, 6.45) is 0. The molecule has 0 saturated carbocycles. The van der Waals surface area contributed by atoms with Gasteiger partial charge in [0.2, 0.25) is 0 Å². The van der Waals surface area contributed by atoms with Gasteiger partial charge in [-0.2, -0.15) is 0 Å². The Hall–Kier alpha value is -5.22. The van der Waals surface area contributed by atoms with Gasteiger partial charge in [-0.25, -0.2) is 9.97 Å². The maximum Gasteiger partial charge on any atom is 0.161 e. The zero-order chi connectivity index (χ0) is 27.3. The van der Waals surface area contributed by atoms with Gasteiger partial charge in [0, 0.05) is 38.1 Å². The Morgan fingerprint density at radius 1 is 0.634 bits per heavy atom. The Kier molecular flexibility index (Phi) is 4.36. The van der Waals surface area contributed by atoms with Crippen molar-refractivity contribution in [2.75, 3.05) is 0 Å². The minimum Gasteiger partial charge on any atom is -0.454 e. The molecule has 1 aliphatic carbocycles. The van der Waals surface area contributed by atoms with Crippen LogP contribution in [0.5, 0.6) is 0 Å². The van der Waals surface area contributed by atoms with Gasteiger partial charge in [0.1, 0.15) is 11.4 Å². The van der Waals surface area contributed by atoms with E-state index in [2.05, 4.69) is 103 Å². The molecule has 0 atom stereocenters. The van der Waals surface area contributed by atoms with Gasteiger partial charge in [-0.15, -0.1) is 0 Å². The molecule has 3 heterocycles. The largest absolute Gasteiger partial charge is 0.454 e. The second kappa shape index (κ2) is 7.92. The van der Waals surface area contributed by atoms with E-state index in [9.17, 15) is 0 Å². The molecule has 1 aliphatic rings. The van der Waals surface area contributed by atoms with E-state index in [0.717, 1.165) is 66.8 Å². The van der Waals surface area contributed by atoms with Crippen LogP contribution in [0.25, 0.3) is 72.1 Å². The first kappa shape index (κ1) is 22.6. The smallest absolute Gasteiger partial charge is 0.161 e. The summed E-state index contributed by atoms with van der Waals surface area (Å²) in [4.78, 5) is 10.7. The third kappa shape index (κ3) is 2.94. The minimum absolute atomic E-state index is 0.277. The molecule has 4 nitrogen and oxygen atoms in total. The zero-order valence-electron chi connectivity index (χ0n) is 22.7. The number of fused-ring (bicyclic) bond motifs is 10. The Morgan fingerprint density at radius 3 is 2.22 bits per heavy atom. The molecule has 9 rings (SSSR count). The molecule has 5 aromatic carbocycles. The number of hydrogen-bond acceptors (Lipinski definition) is 3. The number of aromatic nitrogens is 3. The fourth-order valence-electron chi connectivity index (χ4n) is 6.85. The highest BCUT2D eigenvalue weighted by Gasteiger charge is 2.40. The predicted molar refractivity (Wildman–Crippen MR) is 167 cm³/mol. The molecule has 194 valence electrons. The summed E-state index contributed by atoms with van der Waals surface area (Å²) in [6, 6.07) is 40.3. The molecule has 0 amide bonds. The van der Waals surface area contributed by atoms with E-state index in [1.165, 1.54) is 16.5 Å². The normalized spacial score (nSPS) is 13.8. The lowest BCUT2D eigenvalue weighted by molar-refractivity contribution is 0.635. The molecule has 3 aromatic heterocycles. The van der Waals surface area contributed by atoms with Crippen molar-refractivity contribution >= 4 is 43.7 Å². The van der Waals surface area contributed by atoms with Crippen LogP contribution in [0.15, 0.2) is 120 Å². The maximum atomic E-state index is 6.64. The van der Waals surface area contributed by atoms with Crippen LogP contribution in [-0.4, -0.2) is 14.5 Å². The standard InChI is InChI=1S/C37H25N3O/c1-37(2)28-17-9-6-16-27(28)31-34(37)38-35(22-12-4-3-5-13-22)39-36(31)40-29-18-10-7-14-23(29)25-20-21-26-24-15-8-11-19-30(24)41-33(26)32(25)40/h3-21H,1-2H3.